The number of carbonyl (C=O) groups is 1. The number of rotatable bonds is 10. The van der Waals surface area contributed by atoms with Gasteiger partial charge in [-0.05, 0) is 40.7 Å². The van der Waals surface area contributed by atoms with Gasteiger partial charge in [0.15, 0.2) is 0 Å². The molecule has 0 spiro atoms. The molecule has 0 saturated heterocycles. The van der Waals surface area contributed by atoms with Crippen LogP contribution in [0.3, 0.4) is 0 Å². The lowest BCUT2D eigenvalue weighted by molar-refractivity contribution is -0.146. The fourth-order valence-electron chi connectivity index (χ4n) is 1.87. The van der Waals surface area contributed by atoms with E-state index in [9.17, 15) is 9.90 Å². The zero-order valence-corrected chi connectivity index (χ0v) is 13.1. The lowest BCUT2D eigenvalue weighted by Crippen LogP contribution is -2.51. The van der Waals surface area contributed by atoms with Crippen molar-refractivity contribution < 1.29 is 19.4 Å². The number of nitrogens with one attached hydrogen (secondary N) is 1. The number of aliphatic carboxylic acids is 1. The third kappa shape index (κ3) is 6.89. The second-order valence-corrected chi connectivity index (χ2v) is 5.77. The van der Waals surface area contributed by atoms with Crippen LogP contribution < -0.4 is 5.32 Å². The van der Waals surface area contributed by atoms with Crippen LogP contribution in [0.25, 0.3) is 0 Å². The summed E-state index contributed by atoms with van der Waals surface area (Å²) in [5.41, 5.74) is -1.15. The molecule has 0 aromatic rings. The molecule has 0 aliphatic carbocycles. The van der Waals surface area contributed by atoms with Crippen molar-refractivity contribution in [3.63, 3.8) is 0 Å². The number of methoxy groups -OCH3 is 1. The highest BCUT2D eigenvalue weighted by Gasteiger charge is 2.34. The average molecular weight is 275 g/mol. The Balaban J connectivity index is 4.21. The van der Waals surface area contributed by atoms with Crippen molar-refractivity contribution in [3.8, 4) is 0 Å². The van der Waals surface area contributed by atoms with Crippen molar-refractivity contribution in [2.75, 3.05) is 20.3 Å². The molecule has 0 aromatic carbocycles. The van der Waals surface area contributed by atoms with Crippen LogP contribution in [0.2, 0.25) is 0 Å². The minimum atomic E-state index is -0.940. The molecule has 0 fully saturated rings. The van der Waals surface area contributed by atoms with E-state index in [1.807, 2.05) is 27.7 Å². The molecule has 19 heavy (non-hydrogen) atoms. The van der Waals surface area contributed by atoms with Crippen molar-refractivity contribution >= 4 is 5.97 Å². The number of ether oxygens (including phenoxy) is 2. The van der Waals surface area contributed by atoms with E-state index in [1.165, 1.54) is 0 Å². The Morgan fingerprint density at radius 3 is 2.37 bits per heavy atom. The first kappa shape index (κ1) is 18.4. The van der Waals surface area contributed by atoms with E-state index in [4.69, 9.17) is 9.47 Å². The first-order valence-electron chi connectivity index (χ1n) is 6.82. The molecule has 0 aliphatic heterocycles. The lowest BCUT2D eigenvalue weighted by atomic mass is 9.95. The van der Waals surface area contributed by atoms with Crippen LogP contribution in [0.1, 0.15) is 47.5 Å². The summed E-state index contributed by atoms with van der Waals surface area (Å²) in [5, 5.41) is 12.3. The van der Waals surface area contributed by atoms with Gasteiger partial charge in [0, 0.05) is 20.1 Å². The molecule has 0 bridgehead atoms. The Labute approximate surface area is 116 Å². The fraction of sp³-hybridized carbons (Fsp3) is 0.929. The monoisotopic (exact) mass is 275 g/mol. The predicted molar refractivity (Wildman–Crippen MR) is 75.5 cm³/mol. The molecule has 0 amide bonds. The number of carboxylic acids is 1. The van der Waals surface area contributed by atoms with Gasteiger partial charge in [-0.3, -0.25) is 4.79 Å². The van der Waals surface area contributed by atoms with E-state index in [0.717, 1.165) is 6.42 Å². The Morgan fingerprint density at radius 1 is 1.37 bits per heavy atom. The van der Waals surface area contributed by atoms with Crippen molar-refractivity contribution in [1.29, 1.82) is 0 Å². The summed E-state index contributed by atoms with van der Waals surface area (Å²) in [6.07, 6.45) is 1.09. The maximum Gasteiger partial charge on any atom is 0.323 e. The van der Waals surface area contributed by atoms with Crippen LogP contribution in [0.15, 0.2) is 0 Å². The summed E-state index contributed by atoms with van der Waals surface area (Å²) < 4.78 is 11.0. The van der Waals surface area contributed by atoms with Gasteiger partial charge in [-0.15, -0.1) is 0 Å². The van der Waals surface area contributed by atoms with E-state index in [1.54, 1.807) is 14.0 Å². The van der Waals surface area contributed by atoms with Crippen LogP contribution in [0.5, 0.6) is 0 Å². The first-order valence-corrected chi connectivity index (χ1v) is 6.82. The number of carboxylic acid groups (broad SMARTS) is 1. The third-order valence-corrected chi connectivity index (χ3v) is 3.39. The van der Waals surface area contributed by atoms with Crippen LogP contribution in [0.4, 0.5) is 0 Å². The molecule has 0 aromatic heterocycles. The zero-order chi connectivity index (χ0) is 15.1. The van der Waals surface area contributed by atoms with E-state index in [2.05, 4.69) is 5.32 Å². The SMILES string of the molecule is CCNC(C)(CC(C)OCCC(C)(C)OC)C(=O)O. The van der Waals surface area contributed by atoms with Gasteiger partial charge >= 0.3 is 5.97 Å². The molecule has 2 unspecified atom stereocenters. The lowest BCUT2D eigenvalue weighted by Gasteiger charge is -2.29. The molecule has 0 aliphatic rings. The predicted octanol–water partition coefficient (Wildman–Crippen LogP) is 2.05. The normalized spacial score (nSPS) is 16.9. The molecular weight excluding hydrogens is 246 g/mol. The van der Waals surface area contributed by atoms with E-state index in [-0.39, 0.29) is 11.7 Å². The molecule has 0 radical (unpaired) electrons. The molecular formula is C14H29NO4. The van der Waals surface area contributed by atoms with Gasteiger partial charge in [0.25, 0.3) is 0 Å². The van der Waals surface area contributed by atoms with Gasteiger partial charge in [-0.2, -0.15) is 0 Å². The van der Waals surface area contributed by atoms with Crippen LogP contribution >= 0.6 is 0 Å². The van der Waals surface area contributed by atoms with Crippen LogP contribution in [0, 0.1) is 0 Å². The Hall–Kier alpha value is -0.650. The quantitative estimate of drug-likeness (QED) is 0.638. The van der Waals surface area contributed by atoms with E-state index < -0.39 is 11.5 Å². The van der Waals surface area contributed by atoms with Gasteiger partial charge in [0.2, 0.25) is 0 Å². The molecule has 114 valence electrons. The summed E-state index contributed by atoms with van der Waals surface area (Å²) in [7, 11) is 1.68. The molecule has 2 N–H and O–H groups in total. The standard InChI is InChI=1S/C14H29NO4/c1-7-15-14(5,12(16)17)10-11(2)19-9-8-13(3,4)18-6/h11,15H,7-10H2,1-6H3,(H,16,17). The summed E-state index contributed by atoms with van der Waals surface area (Å²) in [6.45, 7) is 10.7. The van der Waals surface area contributed by atoms with Crippen LogP contribution in [-0.4, -0.2) is 48.6 Å². The highest BCUT2D eigenvalue weighted by molar-refractivity contribution is 5.78. The fourth-order valence-corrected chi connectivity index (χ4v) is 1.87. The van der Waals surface area contributed by atoms with Crippen molar-refractivity contribution in [3.05, 3.63) is 0 Å². The highest BCUT2D eigenvalue weighted by Crippen LogP contribution is 2.17. The second-order valence-electron chi connectivity index (χ2n) is 5.77. The average Bonchev–Trinajstić information content (AvgIpc) is 2.28. The molecule has 5 nitrogen and oxygen atoms in total. The summed E-state index contributed by atoms with van der Waals surface area (Å²) in [4.78, 5) is 11.3. The molecule has 5 heteroatoms. The maximum atomic E-state index is 11.3. The van der Waals surface area contributed by atoms with Gasteiger partial charge in [-0.25, -0.2) is 0 Å². The zero-order valence-electron chi connectivity index (χ0n) is 13.1. The third-order valence-electron chi connectivity index (χ3n) is 3.39. The van der Waals surface area contributed by atoms with Crippen molar-refractivity contribution in [2.45, 2.75) is 64.7 Å². The summed E-state index contributed by atoms with van der Waals surface area (Å²) in [6, 6.07) is 0. The summed E-state index contributed by atoms with van der Waals surface area (Å²) >= 11 is 0. The van der Waals surface area contributed by atoms with Gasteiger partial charge < -0.3 is 19.9 Å². The molecule has 0 heterocycles. The topological polar surface area (TPSA) is 67.8 Å². The summed E-state index contributed by atoms with van der Waals surface area (Å²) in [5.74, 6) is -0.845. The Kier molecular flexibility index (Phi) is 7.55. The molecule has 0 saturated carbocycles. The number of hydrogen-bond acceptors (Lipinski definition) is 4. The van der Waals surface area contributed by atoms with Crippen molar-refractivity contribution in [2.24, 2.45) is 0 Å². The Morgan fingerprint density at radius 2 is 1.95 bits per heavy atom. The Bertz CT molecular complexity index is 281. The van der Waals surface area contributed by atoms with E-state index >= 15 is 0 Å². The minimum absolute atomic E-state index is 0.118. The van der Waals surface area contributed by atoms with Crippen LogP contribution in [-0.2, 0) is 14.3 Å². The molecule has 2 atom stereocenters. The minimum Gasteiger partial charge on any atom is -0.480 e. The van der Waals surface area contributed by atoms with Crippen molar-refractivity contribution in [1.82, 2.24) is 5.32 Å². The second kappa shape index (κ2) is 7.82. The van der Waals surface area contributed by atoms with Gasteiger partial charge in [0.1, 0.15) is 5.54 Å². The van der Waals surface area contributed by atoms with Gasteiger partial charge in [-0.1, -0.05) is 6.92 Å². The molecule has 0 rings (SSSR count). The largest absolute Gasteiger partial charge is 0.480 e. The van der Waals surface area contributed by atoms with E-state index in [0.29, 0.717) is 19.6 Å². The van der Waals surface area contributed by atoms with Gasteiger partial charge in [0.05, 0.1) is 11.7 Å². The number of likely N-dealkylation sites (N-methyl/N-ethyl adjacent to an activating group) is 1. The number of hydrogen-bond donors (Lipinski definition) is 2. The first-order chi connectivity index (χ1) is 8.67. The highest BCUT2D eigenvalue weighted by atomic mass is 16.5. The maximum absolute atomic E-state index is 11.3. The smallest absolute Gasteiger partial charge is 0.323 e.